The highest BCUT2D eigenvalue weighted by molar-refractivity contribution is 9.10. The molecule has 1 unspecified atom stereocenters. The average molecular weight is 295 g/mol. The van der Waals surface area contributed by atoms with Crippen LogP contribution in [0.3, 0.4) is 0 Å². The summed E-state index contributed by atoms with van der Waals surface area (Å²) >= 11 is 3.36. The molecule has 88 valence electrons. The van der Waals surface area contributed by atoms with Gasteiger partial charge in [0, 0.05) is 4.47 Å². The Kier molecular flexibility index (Phi) is 4.79. The van der Waals surface area contributed by atoms with E-state index in [2.05, 4.69) is 26.2 Å². The molecule has 0 saturated heterocycles. The van der Waals surface area contributed by atoms with Gasteiger partial charge in [0.05, 0.1) is 5.69 Å². The van der Waals surface area contributed by atoms with Gasteiger partial charge in [0.15, 0.2) is 0 Å². The number of carbonyl (C=O) groups is 1. The summed E-state index contributed by atoms with van der Waals surface area (Å²) in [6.45, 7) is 1.98. The van der Waals surface area contributed by atoms with Crippen LogP contribution in [-0.4, -0.2) is 11.9 Å². The summed E-state index contributed by atoms with van der Waals surface area (Å²) in [5.74, 6) is -0.800. The second kappa shape index (κ2) is 6.11. The molecule has 1 aromatic rings. The van der Waals surface area contributed by atoms with E-state index in [1.54, 1.807) is 12.1 Å². The van der Waals surface area contributed by atoms with E-state index in [1.807, 2.05) is 19.1 Å². The standard InChI is InChI=1S/C11H11BrN4O/c1-2-7-5-8(12)3-4-9(7)15-16-10(6-13)11(14)17/h3-5,10H,2H2,1H3,(H2,14,17). The van der Waals surface area contributed by atoms with Gasteiger partial charge >= 0.3 is 0 Å². The van der Waals surface area contributed by atoms with Gasteiger partial charge in [-0.3, -0.25) is 4.79 Å². The molecule has 0 saturated carbocycles. The molecule has 1 amide bonds. The number of nitrogens with zero attached hydrogens (tertiary/aromatic N) is 3. The van der Waals surface area contributed by atoms with E-state index < -0.39 is 11.9 Å². The van der Waals surface area contributed by atoms with Crippen molar-refractivity contribution in [2.75, 3.05) is 0 Å². The molecule has 1 aromatic carbocycles. The fourth-order valence-electron chi connectivity index (χ4n) is 1.20. The van der Waals surface area contributed by atoms with Gasteiger partial charge in [-0.2, -0.15) is 15.5 Å². The Morgan fingerprint density at radius 3 is 2.88 bits per heavy atom. The molecule has 17 heavy (non-hydrogen) atoms. The van der Waals surface area contributed by atoms with Crippen molar-refractivity contribution in [1.82, 2.24) is 0 Å². The lowest BCUT2D eigenvalue weighted by atomic mass is 10.1. The molecule has 2 N–H and O–H groups in total. The second-order valence-electron chi connectivity index (χ2n) is 3.28. The van der Waals surface area contributed by atoms with Crippen LogP contribution in [0.4, 0.5) is 5.69 Å². The number of halogens is 1. The molecule has 0 aromatic heterocycles. The van der Waals surface area contributed by atoms with Gasteiger partial charge in [-0.1, -0.05) is 22.9 Å². The summed E-state index contributed by atoms with van der Waals surface area (Å²) in [4.78, 5) is 10.8. The van der Waals surface area contributed by atoms with E-state index >= 15 is 0 Å². The zero-order valence-electron chi connectivity index (χ0n) is 9.22. The van der Waals surface area contributed by atoms with E-state index in [-0.39, 0.29) is 0 Å². The van der Waals surface area contributed by atoms with Crippen molar-refractivity contribution in [1.29, 1.82) is 5.26 Å². The van der Waals surface area contributed by atoms with Gasteiger partial charge in [0.2, 0.25) is 6.04 Å². The first-order valence-corrected chi connectivity index (χ1v) is 5.76. The van der Waals surface area contributed by atoms with Crippen LogP contribution in [-0.2, 0) is 11.2 Å². The van der Waals surface area contributed by atoms with Gasteiger partial charge in [0.25, 0.3) is 5.91 Å². The van der Waals surface area contributed by atoms with Crippen molar-refractivity contribution in [3.8, 4) is 6.07 Å². The zero-order chi connectivity index (χ0) is 12.8. The number of carbonyl (C=O) groups excluding carboxylic acids is 1. The fourth-order valence-corrected chi connectivity index (χ4v) is 1.61. The summed E-state index contributed by atoms with van der Waals surface area (Å²) in [7, 11) is 0. The molecule has 0 aliphatic carbocycles. The summed E-state index contributed by atoms with van der Waals surface area (Å²) in [5.41, 5.74) is 6.60. The minimum absolute atomic E-state index is 0.636. The number of amides is 1. The lowest BCUT2D eigenvalue weighted by molar-refractivity contribution is -0.118. The van der Waals surface area contributed by atoms with Crippen LogP contribution in [0.2, 0.25) is 0 Å². The Balaban J connectivity index is 2.99. The van der Waals surface area contributed by atoms with Crippen LogP contribution < -0.4 is 5.73 Å². The molecule has 1 atom stereocenters. The molecule has 5 nitrogen and oxygen atoms in total. The third-order valence-corrected chi connectivity index (χ3v) is 2.59. The summed E-state index contributed by atoms with van der Waals surface area (Å²) < 4.78 is 0.944. The third-order valence-electron chi connectivity index (χ3n) is 2.10. The molecule has 0 radical (unpaired) electrons. The Hall–Kier alpha value is -1.74. The van der Waals surface area contributed by atoms with Crippen LogP contribution in [0.15, 0.2) is 32.9 Å². The minimum Gasteiger partial charge on any atom is -0.367 e. The first-order chi connectivity index (χ1) is 8.08. The maximum absolute atomic E-state index is 10.8. The molecule has 0 fully saturated rings. The second-order valence-corrected chi connectivity index (χ2v) is 4.19. The number of rotatable bonds is 4. The van der Waals surface area contributed by atoms with Gasteiger partial charge < -0.3 is 5.73 Å². The van der Waals surface area contributed by atoms with Gasteiger partial charge in [-0.15, -0.1) is 0 Å². The average Bonchev–Trinajstić information content (AvgIpc) is 2.31. The first kappa shape index (κ1) is 13.3. The largest absolute Gasteiger partial charge is 0.367 e. The Morgan fingerprint density at radius 2 is 2.35 bits per heavy atom. The number of hydrogen-bond donors (Lipinski definition) is 1. The minimum atomic E-state index is -1.23. The molecule has 0 aliphatic rings. The van der Waals surface area contributed by atoms with E-state index in [0.717, 1.165) is 16.5 Å². The number of nitriles is 1. The predicted molar refractivity (Wildman–Crippen MR) is 66.6 cm³/mol. The van der Waals surface area contributed by atoms with Crippen LogP contribution in [0, 0.1) is 11.3 Å². The summed E-state index contributed by atoms with van der Waals surface area (Å²) in [5, 5.41) is 16.1. The Bertz CT molecular complexity index is 493. The lowest BCUT2D eigenvalue weighted by Crippen LogP contribution is -2.24. The maximum atomic E-state index is 10.8. The Labute approximate surface area is 107 Å². The molecular formula is C11H11BrN4O. The van der Waals surface area contributed by atoms with Gasteiger partial charge in [-0.05, 0) is 30.2 Å². The predicted octanol–water partition coefficient (Wildman–Crippen LogP) is 2.47. The molecule has 0 spiro atoms. The number of aryl methyl sites for hydroxylation is 1. The number of nitrogens with two attached hydrogens (primary N) is 1. The van der Waals surface area contributed by atoms with Gasteiger partial charge in [-0.25, -0.2) is 0 Å². The van der Waals surface area contributed by atoms with E-state index in [4.69, 9.17) is 11.0 Å². The first-order valence-electron chi connectivity index (χ1n) is 4.96. The molecule has 0 bridgehead atoms. The van der Waals surface area contributed by atoms with Crippen LogP contribution in [0.1, 0.15) is 12.5 Å². The van der Waals surface area contributed by atoms with Crippen LogP contribution in [0.5, 0.6) is 0 Å². The molecule has 1 rings (SSSR count). The monoisotopic (exact) mass is 294 g/mol. The van der Waals surface area contributed by atoms with E-state index in [0.29, 0.717) is 5.69 Å². The highest BCUT2D eigenvalue weighted by Crippen LogP contribution is 2.24. The van der Waals surface area contributed by atoms with E-state index in [9.17, 15) is 4.79 Å². The van der Waals surface area contributed by atoms with E-state index in [1.165, 1.54) is 0 Å². The van der Waals surface area contributed by atoms with Crippen LogP contribution in [0.25, 0.3) is 0 Å². The van der Waals surface area contributed by atoms with Crippen molar-refractivity contribution >= 4 is 27.5 Å². The molecule has 6 heteroatoms. The topological polar surface area (TPSA) is 91.6 Å². The zero-order valence-corrected chi connectivity index (χ0v) is 10.8. The van der Waals surface area contributed by atoms with Crippen molar-refractivity contribution < 1.29 is 4.79 Å². The summed E-state index contributed by atoms with van der Waals surface area (Å²) in [6.07, 6.45) is 0.779. The maximum Gasteiger partial charge on any atom is 0.258 e. The highest BCUT2D eigenvalue weighted by Gasteiger charge is 2.12. The van der Waals surface area contributed by atoms with Gasteiger partial charge in [0.1, 0.15) is 6.07 Å². The fraction of sp³-hybridized carbons (Fsp3) is 0.273. The van der Waals surface area contributed by atoms with Crippen molar-refractivity contribution in [2.24, 2.45) is 16.0 Å². The SMILES string of the molecule is CCc1cc(Br)ccc1N=NC(C#N)C(N)=O. The van der Waals surface area contributed by atoms with Crippen molar-refractivity contribution in [2.45, 2.75) is 19.4 Å². The Morgan fingerprint density at radius 1 is 1.65 bits per heavy atom. The molecule has 0 heterocycles. The quantitative estimate of drug-likeness (QED) is 0.864. The number of azo groups is 1. The van der Waals surface area contributed by atoms with Crippen molar-refractivity contribution in [3.05, 3.63) is 28.2 Å². The summed E-state index contributed by atoms with van der Waals surface area (Å²) in [6, 6.07) is 5.94. The number of hydrogen-bond acceptors (Lipinski definition) is 4. The molecular weight excluding hydrogens is 284 g/mol. The normalized spacial score (nSPS) is 12.3. The highest BCUT2D eigenvalue weighted by atomic mass is 79.9. The van der Waals surface area contributed by atoms with Crippen LogP contribution >= 0.6 is 15.9 Å². The third kappa shape index (κ3) is 3.64. The number of benzene rings is 1. The molecule has 0 aliphatic heterocycles. The number of primary amides is 1. The lowest BCUT2D eigenvalue weighted by Gasteiger charge is -2.02. The smallest absolute Gasteiger partial charge is 0.258 e. The van der Waals surface area contributed by atoms with Crippen molar-refractivity contribution in [3.63, 3.8) is 0 Å².